The van der Waals surface area contributed by atoms with Gasteiger partial charge >= 0.3 is 0 Å². The van der Waals surface area contributed by atoms with E-state index in [9.17, 15) is 5.11 Å². The quantitative estimate of drug-likeness (QED) is 0.769. The summed E-state index contributed by atoms with van der Waals surface area (Å²) in [4.78, 5) is 0. The Bertz CT molecular complexity index is 325. The molecule has 84 valence electrons. The van der Waals surface area contributed by atoms with E-state index >= 15 is 0 Å². The Balaban J connectivity index is 0.00000112. The van der Waals surface area contributed by atoms with Gasteiger partial charge in [-0.2, -0.15) is 0 Å². The van der Waals surface area contributed by atoms with Gasteiger partial charge in [0.05, 0.1) is 11.6 Å². The van der Waals surface area contributed by atoms with Crippen LogP contribution in [0, 0.1) is 6.92 Å². The Morgan fingerprint density at radius 1 is 1.33 bits per heavy atom. The van der Waals surface area contributed by atoms with Gasteiger partial charge in [-0.25, -0.2) is 0 Å². The van der Waals surface area contributed by atoms with Crippen LogP contribution in [-0.4, -0.2) is 17.8 Å². The van der Waals surface area contributed by atoms with Crippen molar-refractivity contribution in [2.45, 2.75) is 31.9 Å². The lowest BCUT2D eigenvalue weighted by molar-refractivity contribution is 0.107. The van der Waals surface area contributed by atoms with Gasteiger partial charge in [-0.1, -0.05) is 29.8 Å². The molecule has 0 saturated carbocycles. The molecule has 1 fully saturated rings. The van der Waals surface area contributed by atoms with Crippen LogP contribution in [-0.2, 0) is 5.54 Å². The highest BCUT2D eigenvalue weighted by Crippen LogP contribution is 2.30. The van der Waals surface area contributed by atoms with Crippen molar-refractivity contribution in [2.24, 2.45) is 0 Å². The Kier molecular flexibility index (Phi) is 3.77. The van der Waals surface area contributed by atoms with Crippen LogP contribution in [0.4, 0.5) is 0 Å². The van der Waals surface area contributed by atoms with Crippen LogP contribution in [0.15, 0.2) is 24.3 Å². The van der Waals surface area contributed by atoms with E-state index in [0.29, 0.717) is 0 Å². The fourth-order valence-electron chi connectivity index (χ4n) is 2.07. The zero-order valence-electron chi connectivity index (χ0n) is 9.16. The third-order valence-corrected chi connectivity index (χ3v) is 3.23. The van der Waals surface area contributed by atoms with Gasteiger partial charge in [0.1, 0.15) is 0 Å². The van der Waals surface area contributed by atoms with Crippen molar-refractivity contribution < 1.29 is 5.11 Å². The summed E-state index contributed by atoms with van der Waals surface area (Å²) in [6.45, 7) is 5.03. The first-order valence-electron chi connectivity index (χ1n) is 5.13. The Hall–Kier alpha value is -0.570. The fourth-order valence-corrected chi connectivity index (χ4v) is 2.07. The molecule has 3 heteroatoms. The van der Waals surface area contributed by atoms with E-state index in [-0.39, 0.29) is 24.0 Å². The van der Waals surface area contributed by atoms with Gasteiger partial charge in [0, 0.05) is 0 Å². The Morgan fingerprint density at radius 2 is 1.93 bits per heavy atom. The Morgan fingerprint density at radius 3 is 2.40 bits per heavy atom. The molecule has 0 aromatic heterocycles. The third-order valence-electron chi connectivity index (χ3n) is 3.23. The minimum absolute atomic E-state index is 0. The van der Waals surface area contributed by atoms with E-state index in [0.717, 1.165) is 13.0 Å². The lowest BCUT2D eigenvalue weighted by Gasteiger charge is -2.29. The molecule has 0 bridgehead atoms. The molecular formula is C12H18ClNO. The van der Waals surface area contributed by atoms with Gasteiger partial charge in [0.15, 0.2) is 0 Å². The largest absolute Gasteiger partial charge is 0.391 e. The molecule has 0 radical (unpaired) electrons. The summed E-state index contributed by atoms with van der Waals surface area (Å²) < 4.78 is 0. The normalized spacial score (nSPS) is 29.9. The molecule has 15 heavy (non-hydrogen) atoms. The summed E-state index contributed by atoms with van der Waals surface area (Å²) in [6, 6.07) is 8.37. The zero-order chi connectivity index (χ0) is 10.2. The molecule has 2 rings (SSSR count). The van der Waals surface area contributed by atoms with Crippen LogP contribution in [0.1, 0.15) is 24.5 Å². The van der Waals surface area contributed by atoms with E-state index in [1.54, 1.807) is 0 Å². The monoisotopic (exact) mass is 227 g/mol. The van der Waals surface area contributed by atoms with Gasteiger partial charge in [0.2, 0.25) is 0 Å². The van der Waals surface area contributed by atoms with E-state index < -0.39 is 0 Å². The molecule has 0 amide bonds. The molecule has 1 saturated heterocycles. The standard InChI is InChI=1S/C12H17NO.ClH/c1-9-3-5-10(6-4-9)12(2)11(14)7-8-13-12;/h3-6,11,13-14H,7-8H2,1-2H3;1H. The number of aliphatic hydroxyl groups excluding tert-OH is 1. The van der Waals surface area contributed by atoms with Crippen molar-refractivity contribution >= 4 is 12.4 Å². The fraction of sp³-hybridized carbons (Fsp3) is 0.500. The molecule has 1 aliphatic heterocycles. The van der Waals surface area contributed by atoms with Crippen LogP contribution in [0.3, 0.4) is 0 Å². The molecule has 1 aromatic carbocycles. The minimum atomic E-state index is -0.273. The van der Waals surface area contributed by atoms with Crippen LogP contribution >= 0.6 is 12.4 Å². The van der Waals surface area contributed by atoms with Crippen molar-refractivity contribution in [3.63, 3.8) is 0 Å². The number of halogens is 1. The van der Waals surface area contributed by atoms with Crippen molar-refractivity contribution in [1.82, 2.24) is 5.32 Å². The molecule has 0 spiro atoms. The summed E-state index contributed by atoms with van der Waals surface area (Å²) in [7, 11) is 0. The van der Waals surface area contributed by atoms with Crippen LogP contribution < -0.4 is 5.32 Å². The highest BCUT2D eigenvalue weighted by Gasteiger charge is 2.38. The number of aryl methyl sites for hydroxylation is 1. The smallest absolute Gasteiger partial charge is 0.0772 e. The molecule has 0 aliphatic carbocycles. The molecule has 1 heterocycles. The van der Waals surface area contributed by atoms with Gasteiger partial charge in [0.25, 0.3) is 0 Å². The second-order valence-electron chi connectivity index (χ2n) is 4.30. The van der Waals surface area contributed by atoms with E-state index in [4.69, 9.17) is 0 Å². The van der Waals surface area contributed by atoms with Crippen molar-refractivity contribution in [1.29, 1.82) is 0 Å². The average Bonchev–Trinajstić information content (AvgIpc) is 2.49. The second-order valence-corrected chi connectivity index (χ2v) is 4.30. The molecule has 2 nitrogen and oxygen atoms in total. The summed E-state index contributed by atoms with van der Waals surface area (Å²) in [5.41, 5.74) is 2.17. The lowest BCUT2D eigenvalue weighted by Crippen LogP contribution is -2.41. The number of nitrogens with one attached hydrogen (secondary N) is 1. The summed E-state index contributed by atoms with van der Waals surface area (Å²) >= 11 is 0. The summed E-state index contributed by atoms with van der Waals surface area (Å²) in [6.07, 6.45) is 0.565. The average molecular weight is 228 g/mol. The zero-order valence-corrected chi connectivity index (χ0v) is 9.97. The lowest BCUT2D eigenvalue weighted by atomic mass is 9.88. The van der Waals surface area contributed by atoms with E-state index in [1.807, 2.05) is 0 Å². The molecular weight excluding hydrogens is 210 g/mol. The van der Waals surface area contributed by atoms with E-state index in [2.05, 4.69) is 43.4 Å². The van der Waals surface area contributed by atoms with Gasteiger partial charge in [-0.3, -0.25) is 0 Å². The summed E-state index contributed by atoms with van der Waals surface area (Å²) in [5, 5.41) is 13.3. The van der Waals surface area contributed by atoms with Gasteiger partial charge in [-0.15, -0.1) is 12.4 Å². The van der Waals surface area contributed by atoms with Crippen molar-refractivity contribution in [3.05, 3.63) is 35.4 Å². The Labute approximate surface area is 97.1 Å². The van der Waals surface area contributed by atoms with Crippen molar-refractivity contribution in [3.8, 4) is 0 Å². The number of hydrogen-bond donors (Lipinski definition) is 2. The maximum atomic E-state index is 9.91. The van der Waals surface area contributed by atoms with Crippen LogP contribution in [0.2, 0.25) is 0 Å². The number of rotatable bonds is 1. The molecule has 2 atom stereocenters. The minimum Gasteiger partial charge on any atom is -0.391 e. The number of benzene rings is 1. The summed E-state index contributed by atoms with van der Waals surface area (Å²) in [5.74, 6) is 0. The van der Waals surface area contributed by atoms with Crippen LogP contribution in [0.25, 0.3) is 0 Å². The van der Waals surface area contributed by atoms with Gasteiger partial charge < -0.3 is 10.4 Å². The molecule has 1 aliphatic rings. The topological polar surface area (TPSA) is 32.3 Å². The number of hydrogen-bond acceptors (Lipinski definition) is 2. The first-order chi connectivity index (χ1) is 6.63. The third kappa shape index (κ3) is 2.17. The van der Waals surface area contributed by atoms with Crippen molar-refractivity contribution in [2.75, 3.05) is 6.54 Å². The molecule has 2 unspecified atom stereocenters. The predicted octanol–water partition coefficient (Wildman–Crippen LogP) is 1.99. The maximum Gasteiger partial charge on any atom is 0.0772 e. The van der Waals surface area contributed by atoms with Crippen LogP contribution in [0.5, 0.6) is 0 Å². The highest BCUT2D eigenvalue weighted by atomic mass is 35.5. The first kappa shape index (κ1) is 12.5. The second kappa shape index (κ2) is 4.52. The molecule has 1 aromatic rings. The number of aliphatic hydroxyl groups is 1. The predicted molar refractivity (Wildman–Crippen MR) is 64.4 cm³/mol. The first-order valence-corrected chi connectivity index (χ1v) is 5.13. The molecule has 2 N–H and O–H groups in total. The maximum absolute atomic E-state index is 9.91. The SMILES string of the molecule is Cc1ccc(C2(C)NCCC2O)cc1.Cl. The van der Waals surface area contributed by atoms with Gasteiger partial charge in [-0.05, 0) is 32.4 Å². The highest BCUT2D eigenvalue weighted by molar-refractivity contribution is 5.85. The van der Waals surface area contributed by atoms with E-state index in [1.165, 1.54) is 11.1 Å².